The molecule has 3 aromatic rings. The third-order valence-electron chi connectivity index (χ3n) is 4.48. The van der Waals surface area contributed by atoms with E-state index in [0.29, 0.717) is 5.75 Å². The first-order valence-electron chi connectivity index (χ1n) is 9.55. The molecule has 0 amide bonds. The van der Waals surface area contributed by atoms with E-state index in [2.05, 4.69) is 4.98 Å². The molecule has 8 nitrogen and oxygen atoms in total. The number of benzene rings is 2. The summed E-state index contributed by atoms with van der Waals surface area (Å²) in [7, 11) is -6.55. The smallest absolute Gasteiger partial charge is 0.297 e. The highest BCUT2D eigenvalue weighted by atomic mass is 32.2. The van der Waals surface area contributed by atoms with Gasteiger partial charge in [-0.25, -0.2) is 0 Å². The number of pyridine rings is 1. The monoisotopic (exact) mass is 477 g/mol. The molecule has 0 fully saturated rings. The fourth-order valence-corrected chi connectivity index (χ4v) is 4.47. The van der Waals surface area contributed by atoms with E-state index in [1.165, 1.54) is 43.5 Å². The summed E-state index contributed by atoms with van der Waals surface area (Å²) in [5.41, 5.74) is 2.32. The van der Waals surface area contributed by atoms with Gasteiger partial charge in [0, 0.05) is 12.1 Å². The quantitative estimate of drug-likeness (QED) is 0.431. The number of aromatic nitrogens is 1. The van der Waals surface area contributed by atoms with Gasteiger partial charge in [-0.05, 0) is 38.1 Å². The molecule has 10 heteroatoms. The van der Waals surface area contributed by atoms with Gasteiger partial charge in [0.25, 0.3) is 20.2 Å². The first-order valence-corrected chi connectivity index (χ1v) is 12.4. The van der Waals surface area contributed by atoms with Crippen molar-refractivity contribution < 1.29 is 29.9 Å². The number of hydrogen-bond donors (Lipinski definition) is 0. The van der Waals surface area contributed by atoms with Crippen LogP contribution < -0.4 is 4.74 Å². The maximum atomic E-state index is 12.4. The Kier molecular flexibility index (Phi) is 7.29. The van der Waals surface area contributed by atoms with E-state index in [4.69, 9.17) is 13.1 Å². The summed E-state index contributed by atoms with van der Waals surface area (Å²) >= 11 is 0. The molecule has 0 aliphatic carbocycles. The maximum absolute atomic E-state index is 12.4. The molecule has 2 aromatic carbocycles. The largest absolute Gasteiger partial charge is 0.497 e. The highest BCUT2D eigenvalue weighted by molar-refractivity contribution is 7.87. The maximum Gasteiger partial charge on any atom is 0.297 e. The summed E-state index contributed by atoms with van der Waals surface area (Å²) in [6.45, 7) is 2.98. The molecule has 0 atom stereocenters. The Morgan fingerprint density at radius 3 is 1.41 bits per heavy atom. The van der Waals surface area contributed by atoms with Crippen LogP contribution in [0.1, 0.15) is 22.5 Å². The Labute approximate surface area is 188 Å². The molecule has 0 spiro atoms. The van der Waals surface area contributed by atoms with Gasteiger partial charge in [-0.1, -0.05) is 35.4 Å². The fraction of sp³-hybridized carbons (Fsp3) is 0.227. The number of methoxy groups -OCH3 is 1. The molecular formula is C22H23NO7S2. The van der Waals surface area contributed by atoms with E-state index in [-0.39, 0.29) is 34.4 Å². The Hall–Kier alpha value is -2.79. The molecule has 32 heavy (non-hydrogen) atoms. The van der Waals surface area contributed by atoms with Crippen molar-refractivity contribution in [3.8, 4) is 5.75 Å². The van der Waals surface area contributed by atoms with Crippen molar-refractivity contribution in [1.29, 1.82) is 0 Å². The third kappa shape index (κ3) is 6.13. The van der Waals surface area contributed by atoms with E-state index in [1.54, 1.807) is 24.3 Å². The van der Waals surface area contributed by atoms with Crippen LogP contribution in [0.2, 0.25) is 0 Å². The molecule has 1 aromatic heterocycles. The molecule has 0 bridgehead atoms. The topological polar surface area (TPSA) is 109 Å². The minimum absolute atomic E-state index is 0.0266. The number of aryl methyl sites for hydroxylation is 2. The lowest BCUT2D eigenvalue weighted by Crippen LogP contribution is -2.10. The number of rotatable bonds is 9. The molecule has 1 heterocycles. The van der Waals surface area contributed by atoms with Crippen molar-refractivity contribution in [1.82, 2.24) is 4.98 Å². The van der Waals surface area contributed by atoms with Crippen LogP contribution in [-0.2, 0) is 41.8 Å². The second kappa shape index (κ2) is 9.78. The highest BCUT2D eigenvalue weighted by Crippen LogP contribution is 2.20. The third-order valence-corrected chi connectivity index (χ3v) is 7.04. The molecule has 0 aliphatic heterocycles. The zero-order valence-corrected chi connectivity index (χ0v) is 19.4. The van der Waals surface area contributed by atoms with Crippen LogP contribution in [0.3, 0.4) is 0 Å². The van der Waals surface area contributed by atoms with Crippen molar-refractivity contribution >= 4 is 20.2 Å². The normalized spacial score (nSPS) is 12.0. The van der Waals surface area contributed by atoms with Gasteiger partial charge in [-0.15, -0.1) is 0 Å². The predicted octanol–water partition coefficient (Wildman–Crippen LogP) is 3.52. The molecule has 0 saturated heterocycles. The van der Waals surface area contributed by atoms with Crippen LogP contribution in [-0.4, -0.2) is 28.9 Å². The first kappa shape index (κ1) is 23.9. The van der Waals surface area contributed by atoms with E-state index < -0.39 is 20.2 Å². The summed E-state index contributed by atoms with van der Waals surface area (Å²) in [5.74, 6) is 0.359. The van der Waals surface area contributed by atoms with Crippen molar-refractivity contribution in [2.75, 3.05) is 7.11 Å². The fourth-order valence-electron chi connectivity index (χ4n) is 2.71. The summed E-state index contributed by atoms with van der Waals surface area (Å²) in [5, 5.41) is 0. The van der Waals surface area contributed by atoms with Gasteiger partial charge < -0.3 is 4.74 Å². The lowest BCUT2D eigenvalue weighted by molar-refractivity contribution is 0.292. The Morgan fingerprint density at radius 2 is 1.06 bits per heavy atom. The average molecular weight is 478 g/mol. The number of ether oxygens (including phenoxy) is 1. The van der Waals surface area contributed by atoms with Crippen LogP contribution in [0.5, 0.6) is 5.75 Å². The molecular weight excluding hydrogens is 454 g/mol. The van der Waals surface area contributed by atoms with E-state index in [0.717, 1.165) is 11.1 Å². The zero-order chi connectivity index (χ0) is 23.4. The lowest BCUT2D eigenvalue weighted by atomic mass is 10.2. The molecule has 0 unspecified atom stereocenters. The van der Waals surface area contributed by atoms with Crippen LogP contribution >= 0.6 is 0 Å². The van der Waals surface area contributed by atoms with Crippen molar-refractivity contribution in [3.05, 3.63) is 83.2 Å². The second-order valence-corrected chi connectivity index (χ2v) is 10.3. The van der Waals surface area contributed by atoms with E-state index >= 15 is 0 Å². The van der Waals surface area contributed by atoms with Gasteiger partial charge in [0.05, 0.1) is 28.3 Å². The molecule has 3 rings (SSSR count). The van der Waals surface area contributed by atoms with Gasteiger partial charge in [0.15, 0.2) is 0 Å². The van der Waals surface area contributed by atoms with Gasteiger partial charge in [0.1, 0.15) is 19.0 Å². The van der Waals surface area contributed by atoms with Crippen molar-refractivity contribution in [3.63, 3.8) is 0 Å². The minimum Gasteiger partial charge on any atom is -0.497 e. The summed E-state index contributed by atoms with van der Waals surface area (Å²) in [6.07, 6.45) is 0. The van der Waals surface area contributed by atoms with Gasteiger partial charge in [-0.3, -0.25) is 13.4 Å². The van der Waals surface area contributed by atoms with Gasteiger partial charge in [0.2, 0.25) is 0 Å². The van der Waals surface area contributed by atoms with E-state index in [9.17, 15) is 16.8 Å². The SMILES string of the molecule is COc1cc(COS(=O)(=O)c2ccc(C)cc2)nc(COS(=O)(=O)c2ccc(C)cc2)c1. The van der Waals surface area contributed by atoms with E-state index in [1.807, 2.05) is 13.8 Å². The first-order chi connectivity index (χ1) is 15.1. The van der Waals surface area contributed by atoms with Crippen LogP contribution in [0.4, 0.5) is 0 Å². The Morgan fingerprint density at radius 1 is 0.688 bits per heavy atom. The molecule has 0 saturated carbocycles. The Balaban J connectivity index is 1.74. The minimum atomic E-state index is -3.99. The molecule has 0 aliphatic rings. The summed E-state index contributed by atoms with van der Waals surface area (Å²) in [4.78, 5) is 4.30. The predicted molar refractivity (Wildman–Crippen MR) is 117 cm³/mol. The van der Waals surface area contributed by atoms with Gasteiger partial charge in [-0.2, -0.15) is 16.8 Å². The number of hydrogen-bond acceptors (Lipinski definition) is 8. The van der Waals surface area contributed by atoms with Crippen LogP contribution in [0, 0.1) is 13.8 Å². The lowest BCUT2D eigenvalue weighted by Gasteiger charge is -2.10. The summed E-state index contributed by atoms with van der Waals surface area (Å²) in [6, 6.07) is 15.5. The zero-order valence-electron chi connectivity index (χ0n) is 17.8. The summed E-state index contributed by atoms with van der Waals surface area (Å²) < 4.78 is 65.1. The van der Waals surface area contributed by atoms with Crippen LogP contribution in [0.25, 0.3) is 0 Å². The average Bonchev–Trinajstić information content (AvgIpc) is 2.77. The Bertz CT molecular complexity index is 1190. The highest BCUT2D eigenvalue weighted by Gasteiger charge is 2.18. The van der Waals surface area contributed by atoms with Crippen molar-refractivity contribution in [2.45, 2.75) is 36.9 Å². The molecule has 0 N–H and O–H groups in total. The number of nitrogens with zero attached hydrogens (tertiary/aromatic N) is 1. The molecule has 0 radical (unpaired) electrons. The van der Waals surface area contributed by atoms with Gasteiger partial charge >= 0.3 is 0 Å². The molecule has 170 valence electrons. The second-order valence-electron chi connectivity index (χ2n) is 7.05. The van der Waals surface area contributed by atoms with Crippen LogP contribution in [0.15, 0.2) is 70.5 Å². The standard InChI is InChI=1S/C22H23NO7S2/c1-16-4-8-21(9-5-16)31(24,25)29-14-18-12-20(28-3)13-19(23-18)15-30-32(26,27)22-10-6-17(2)7-11-22/h4-13H,14-15H2,1-3H3. The van der Waals surface area contributed by atoms with Crippen molar-refractivity contribution in [2.24, 2.45) is 0 Å².